The molecule has 5 unspecified atom stereocenters. The van der Waals surface area contributed by atoms with Crippen LogP contribution in [0.3, 0.4) is 0 Å². The molecule has 2 fully saturated rings. The van der Waals surface area contributed by atoms with E-state index in [-0.39, 0.29) is 5.38 Å². The van der Waals surface area contributed by atoms with Crippen molar-refractivity contribution in [3.05, 3.63) is 29.3 Å². The van der Waals surface area contributed by atoms with Crippen molar-refractivity contribution in [1.29, 1.82) is 0 Å². The van der Waals surface area contributed by atoms with E-state index in [2.05, 4.69) is 6.07 Å². The lowest BCUT2D eigenvalue weighted by molar-refractivity contribution is 0.317. The van der Waals surface area contributed by atoms with Crippen molar-refractivity contribution in [3.8, 4) is 5.75 Å². The summed E-state index contributed by atoms with van der Waals surface area (Å²) in [7, 11) is 0. The minimum atomic E-state index is 0.0449. The van der Waals surface area contributed by atoms with Crippen molar-refractivity contribution in [1.82, 2.24) is 0 Å². The molecule has 0 aromatic heterocycles. The Morgan fingerprint density at radius 2 is 2.19 bits per heavy atom. The molecule has 2 aliphatic carbocycles. The Bertz CT molecular complexity index is 459. The van der Waals surface area contributed by atoms with Crippen LogP contribution in [-0.4, -0.2) is 17.3 Å². The van der Waals surface area contributed by atoms with Gasteiger partial charge in [-0.2, -0.15) is 0 Å². The quantitative estimate of drug-likeness (QED) is 0.555. The maximum Gasteiger partial charge on any atom is 0.119 e. The minimum absolute atomic E-state index is 0.0449. The van der Waals surface area contributed by atoms with E-state index in [0.29, 0.717) is 29.8 Å². The van der Waals surface area contributed by atoms with Gasteiger partial charge in [0.1, 0.15) is 5.75 Å². The van der Waals surface area contributed by atoms with E-state index in [0.717, 1.165) is 24.0 Å². The Kier molecular flexibility index (Phi) is 1.71. The first-order chi connectivity index (χ1) is 7.75. The number of hydrogen-bond donors (Lipinski definition) is 1. The number of epoxide rings is 1. The Labute approximate surface area is 99.2 Å². The van der Waals surface area contributed by atoms with E-state index in [1.54, 1.807) is 6.07 Å². The maximum absolute atomic E-state index is 10.0. The first-order valence-corrected chi connectivity index (χ1v) is 6.30. The van der Waals surface area contributed by atoms with Crippen LogP contribution in [0, 0.1) is 5.92 Å². The van der Waals surface area contributed by atoms with E-state index in [1.165, 1.54) is 0 Å². The summed E-state index contributed by atoms with van der Waals surface area (Å²) in [4.78, 5) is 0. The number of benzene rings is 1. The first-order valence-electron chi connectivity index (χ1n) is 5.87. The molecule has 3 aliphatic rings. The van der Waals surface area contributed by atoms with Crippen molar-refractivity contribution in [3.63, 3.8) is 0 Å². The highest BCUT2D eigenvalue weighted by molar-refractivity contribution is 6.21. The number of phenols is 1. The molecule has 1 saturated carbocycles. The summed E-state index contributed by atoms with van der Waals surface area (Å²) < 4.78 is 5.68. The van der Waals surface area contributed by atoms with E-state index in [1.807, 2.05) is 6.07 Å². The van der Waals surface area contributed by atoms with Crippen LogP contribution < -0.4 is 0 Å². The third-order valence-corrected chi connectivity index (χ3v) is 4.90. The maximum atomic E-state index is 10.0. The van der Waals surface area contributed by atoms with E-state index in [9.17, 15) is 5.11 Å². The lowest BCUT2D eigenvalue weighted by Crippen LogP contribution is -2.30. The molecular weight excluding hydrogens is 224 g/mol. The number of phenolic OH excluding ortho intramolecular Hbond substituents is 1. The Balaban J connectivity index is 1.92. The van der Waals surface area contributed by atoms with Gasteiger partial charge in [0.15, 0.2) is 0 Å². The van der Waals surface area contributed by atoms with Crippen LogP contribution in [0.4, 0.5) is 0 Å². The van der Waals surface area contributed by atoms with Gasteiger partial charge in [0.25, 0.3) is 0 Å². The van der Waals surface area contributed by atoms with Gasteiger partial charge in [-0.1, -0.05) is 12.1 Å². The van der Waals surface area contributed by atoms with E-state index >= 15 is 0 Å². The number of aromatic hydroxyl groups is 1. The number of rotatable bonds is 0. The zero-order valence-corrected chi connectivity index (χ0v) is 9.52. The van der Waals surface area contributed by atoms with Crippen LogP contribution in [0.2, 0.25) is 0 Å². The van der Waals surface area contributed by atoms with Crippen LogP contribution >= 0.6 is 11.6 Å². The smallest absolute Gasteiger partial charge is 0.119 e. The molecule has 3 heteroatoms. The topological polar surface area (TPSA) is 32.8 Å². The van der Waals surface area contributed by atoms with Crippen molar-refractivity contribution in [2.24, 2.45) is 5.92 Å². The summed E-state index contributed by atoms with van der Waals surface area (Å²) >= 11 is 6.50. The summed E-state index contributed by atoms with van der Waals surface area (Å²) in [5.74, 6) is 1.28. The number of alkyl halides is 1. The van der Waals surface area contributed by atoms with E-state index < -0.39 is 0 Å². The molecule has 4 rings (SSSR count). The summed E-state index contributed by atoms with van der Waals surface area (Å²) in [6, 6.07) is 5.69. The summed E-state index contributed by atoms with van der Waals surface area (Å²) in [5.41, 5.74) is 2.17. The zero-order chi connectivity index (χ0) is 10.9. The molecule has 1 aromatic rings. The molecule has 0 spiro atoms. The Morgan fingerprint density at radius 1 is 1.31 bits per heavy atom. The van der Waals surface area contributed by atoms with Gasteiger partial charge in [0.2, 0.25) is 0 Å². The Morgan fingerprint density at radius 3 is 3.06 bits per heavy atom. The number of ether oxygens (including phenoxy) is 1. The number of hydrogen-bond acceptors (Lipinski definition) is 2. The van der Waals surface area contributed by atoms with E-state index in [4.69, 9.17) is 16.3 Å². The molecule has 1 heterocycles. The second kappa shape index (κ2) is 2.93. The lowest BCUT2D eigenvalue weighted by Gasteiger charge is -2.37. The second-order valence-corrected chi connectivity index (χ2v) is 5.63. The van der Waals surface area contributed by atoms with Gasteiger partial charge in [0, 0.05) is 11.5 Å². The van der Waals surface area contributed by atoms with Crippen LogP contribution in [0.5, 0.6) is 5.75 Å². The minimum Gasteiger partial charge on any atom is -0.508 e. The fourth-order valence-corrected chi connectivity index (χ4v) is 3.94. The highest BCUT2D eigenvalue weighted by Gasteiger charge is 2.55. The van der Waals surface area contributed by atoms with Crippen LogP contribution in [0.15, 0.2) is 18.2 Å². The highest BCUT2D eigenvalue weighted by atomic mass is 35.5. The fourth-order valence-electron chi connectivity index (χ4n) is 3.54. The molecule has 1 N–H and O–H groups in total. The van der Waals surface area contributed by atoms with Crippen molar-refractivity contribution < 1.29 is 9.84 Å². The Hall–Kier alpha value is -0.730. The molecule has 1 aliphatic heterocycles. The van der Waals surface area contributed by atoms with Crippen LogP contribution in [0.1, 0.15) is 35.3 Å². The van der Waals surface area contributed by atoms with Gasteiger partial charge in [-0.3, -0.25) is 0 Å². The summed E-state index contributed by atoms with van der Waals surface area (Å²) in [6.45, 7) is 0. The van der Waals surface area contributed by atoms with Gasteiger partial charge >= 0.3 is 0 Å². The average molecular weight is 237 g/mol. The van der Waals surface area contributed by atoms with Crippen molar-refractivity contribution in [2.75, 3.05) is 0 Å². The predicted molar refractivity (Wildman–Crippen MR) is 60.8 cm³/mol. The lowest BCUT2D eigenvalue weighted by atomic mass is 9.69. The average Bonchev–Trinajstić information content (AvgIpc) is 3.04. The SMILES string of the molecule is Oc1cccc2c1C1CC(CC3OC31)C2Cl. The molecule has 5 atom stereocenters. The highest BCUT2D eigenvalue weighted by Crippen LogP contribution is 2.59. The molecule has 1 saturated heterocycles. The first kappa shape index (κ1) is 9.32. The van der Waals surface area contributed by atoms with Crippen molar-refractivity contribution >= 4 is 11.6 Å². The monoisotopic (exact) mass is 236 g/mol. The van der Waals surface area contributed by atoms with Gasteiger partial charge in [0.05, 0.1) is 17.6 Å². The molecule has 16 heavy (non-hydrogen) atoms. The predicted octanol–water partition coefficient (Wildman–Crippen LogP) is 2.95. The van der Waals surface area contributed by atoms with Crippen molar-refractivity contribution in [2.45, 2.75) is 36.3 Å². The fraction of sp³-hybridized carbons (Fsp3) is 0.538. The second-order valence-electron chi connectivity index (χ2n) is 5.16. The summed E-state index contributed by atoms with van der Waals surface area (Å²) in [5, 5.41) is 10.1. The molecule has 2 bridgehead atoms. The molecule has 1 aromatic carbocycles. The molecular formula is C13H13ClO2. The number of fused-ring (bicyclic) bond motifs is 6. The zero-order valence-electron chi connectivity index (χ0n) is 8.77. The summed E-state index contributed by atoms with van der Waals surface area (Å²) in [6.07, 6.45) is 2.90. The molecule has 84 valence electrons. The van der Waals surface area contributed by atoms with Gasteiger partial charge < -0.3 is 9.84 Å². The van der Waals surface area contributed by atoms with Gasteiger partial charge in [-0.25, -0.2) is 0 Å². The molecule has 2 nitrogen and oxygen atoms in total. The normalized spacial score (nSPS) is 43.4. The largest absolute Gasteiger partial charge is 0.508 e. The standard InChI is InChI=1S/C13H13ClO2/c14-12-6-4-8(13-10(5-6)16-13)11-7(12)2-1-3-9(11)15/h1-3,6,8,10,12-13,15H,4-5H2. The van der Waals surface area contributed by atoms with Crippen LogP contribution in [0.25, 0.3) is 0 Å². The van der Waals surface area contributed by atoms with Gasteiger partial charge in [-0.05, 0) is 30.4 Å². The third-order valence-electron chi connectivity index (χ3n) is 4.31. The third kappa shape index (κ3) is 1.07. The van der Waals surface area contributed by atoms with Crippen LogP contribution in [-0.2, 0) is 4.74 Å². The molecule has 0 amide bonds. The van der Waals surface area contributed by atoms with Gasteiger partial charge in [-0.15, -0.1) is 11.6 Å². The number of halogens is 1. The molecule has 0 radical (unpaired) electrons.